The number of nitrogens with one attached hydrogen (secondary N) is 2. The van der Waals surface area contributed by atoms with Crippen LogP contribution in [0.15, 0.2) is 75.9 Å². The van der Waals surface area contributed by atoms with Crippen LogP contribution in [0.3, 0.4) is 0 Å². The second kappa shape index (κ2) is 9.27. The Morgan fingerprint density at radius 1 is 1.06 bits per heavy atom. The summed E-state index contributed by atoms with van der Waals surface area (Å²) in [5, 5.41) is 6.38. The Kier molecular flexibility index (Phi) is 6.01. The van der Waals surface area contributed by atoms with Gasteiger partial charge in [-0.1, -0.05) is 48.0 Å². The minimum absolute atomic E-state index is 0.0627. The molecular formula is C27H22ClN3O4. The number of amides is 2. The maximum absolute atomic E-state index is 13.2. The van der Waals surface area contributed by atoms with Gasteiger partial charge in [0.15, 0.2) is 11.0 Å². The molecule has 176 valence electrons. The second-order valence-corrected chi connectivity index (χ2v) is 8.73. The van der Waals surface area contributed by atoms with E-state index < -0.39 is 5.91 Å². The van der Waals surface area contributed by atoms with Gasteiger partial charge in [-0.15, -0.1) is 0 Å². The average molecular weight is 488 g/mol. The molecule has 1 saturated heterocycles. The number of halogens is 1. The predicted molar refractivity (Wildman–Crippen MR) is 137 cm³/mol. The largest absolute Gasteiger partial charge is 0.455 e. The van der Waals surface area contributed by atoms with E-state index >= 15 is 0 Å². The quantitative estimate of drug-likeness (QED) is 0.438. The number of hydrogen-bond acceptors (Lipinski definition) is 5. The van der Waals surface area contributed by atoms with Gasteiger partial charge in [0.05, 0.1) is 28.2 Å². The van der Waals surface area contributed by atoms with E-state index in [2.05, 4.69) is 10.6 Å². The highest BCUT2D eigenvalue weighted by atomic mass is 35.5. The first kappa shape index (κ1) is 22.7. The molecule has 0 spiro atoms. The Morgan fingerprint density at radius 2 is 1.86 bits per heavy atom. The first-order valence-corrected chi connectivity index (χ1v) is 11.5. The van der Waals surface area contributed by atoms with Crippen molar-refractivity contribution >= 4 is 45.8 Å². The molecule has 7 nitrogen and oxygen atoms in total. The van der Waals surface area contributed by atoms with E-state index in [1.165, 1.54) is 0 Å². The van der Waals surface area contributed by atoms with Crippen molar-refractivity contribution in [1.82, 2.24) is 5.32 Å². The van der Waals surface area contributed by atoms with Gasteiger partial charge >= 0.3 is 0 Å². The molecule has 0 radical (unpaired) electrons. The maximum Gasteiger partial charge on any atom is 0.259 e. The number of nitrogens with zero attached hydrogens (tertiary/aromatic N) is 1. The van der Waals surface area contributed by atoms with E-state index in [0.29, 0.717) is 40.5 Å². The van der Waals surface area contributed by atoms with Crippen molar-refractivity contribution in [2.24, 2.45) is 0 Å². The van der Waals surface area contributed by atoms with Gasteiger partial charge in [0, 0.05) is 29.9 Å². The molecule has 35 heavy (non-hydrogen) atoms. The van der Waals surface area contributed by atoms with Gasteiger partial charge in [-0.3, -0.25) is 14.4 Å². The fourth-order valence-electron chi connectivity index (χ4n) is 4.24. The molecule has 8 heteroatoms. The van der Waals surface area contributed by atoms with E-state index in [4.69, 9.17) is 16.0 Å². The molecule has 0 bridgehead atoms. The zero-order valence-electron chi connectivity index (χ0n) is 18.9. The average Bonchev–Trinajstić information content (AvgIpc) is 2.86. The Bertz CT molecular complexity index is 1510. The molecule has 0 saturated carbocycles. The fourth-order valence-corrected chi connectivity index (χ4v) is 4.54. The Hall–Kier alpha value is -4.10. The minimum atomic E-state index is -0.428. The Morgan fingerprint density at radius 3 is 2.60 bits per heavy atom. The van der Waals surface area contributed by atoms with E-state index in [-0.39, 0.29) is 29.0 Å². The van der Waals surface area contributed by atoms with Gasteiger partial charge in [0.2, 0.25) is 5.91 Å². The highest BCUT2D eigenvalue weighted by Gasteiger charge is 2.21. The van der Waals surface area contributed by atoms with Crippen LogP contribution >= 0.6 is 11.6 Å². The van der Waals surface area contributed by atoms with Crippen LogP contribution in [-0.4, -0.2) is 31.4 Å². The molecule has 0 aliphatic carbocycles. The van der Waals surface area contributed by atoms with Crippen molar-refractivity contribution in [2.45, 2.75) is 6.92 Å². The number of carbonyl (C=O) groups is 2. The van der Waals surface area contributed by atoms with Crippen LogP contribution < -0.4 is 21.0 Å². The van der Waals surface area contributed by atoms with Crippen LogP contribution in [0, 0.1) is 6.92 Å². The summed E-state index contributed by atoms with van der Waals surface area (Å²) in [5.41, 5.74) is 2.73. The summed E-state index contributed by atoms with van der Waals surface area (Å²) < 4.78 is 6.15. The number of piperazine rings is 1. The van der Waals surface area contributed by atoms with Crippen LogP contribution in [0.5, 0.6) is 0 Å². The lowest BCUT2D eigenvalue weighted by Gasteiger charge is -2.29. The zero-order chi connectivity index (χ0) is 24.5. The molecule has 1 aliphatic heterocycles. The number of benzene rings is 3. The fraction of sp³-hybridized carbons (Fsp3) is 0.148. The summed E-state index contributed by atoms with van der Waals surface area (Å²) in [5.74, 6) is -0.0589. The highest BCUT2D eigenvalue weighted by molar-refractivity contribution is 6.33. The predicted octanol–water partition coefficient (Wildman–Crippen LogP) is 4.61. The molecule has 0 unspecified atom stereocenters. The van der Waals surface area contributed by atoms with Gasteiger partial charge in [0.25, 0.3) is 5.91 Å². The van der Waals surface area contributed by atoms with Crippen molar-refractivity contribution in [3.05, 3.63) is 93.1 Å². The van der Waals surface area contributed by atoms with Crippen LogP contribution in [0.4, 0.5) is 11.4 Å². The van der Waals surface area contributed by atoms with Crippen LogP contribution in [0.1, 0.15) is 15.9 Å². The standard InChI is InChI=1S/C27H22ClN3O4/c1-16-24(33)19-8-5-9-20(26(19)35-25(16)17-6-3-2-4-7-17)27(34)30-18-10-11-22(21(28)14-18)31-13-12-29-23(32)15-31/h2-11,14H,12-13,15H2,1H3,(H,29,32)(H,30,34). The van der Waals surface area contributed by atoms with Crippen molar-refractivity contribution in [1.29, 1.82) is 0 Å². The van der Waals surface area contributed by atoms with Crippen molar-refractivity contribution in [3.63, 3.8) is 0 Å². The second-order valence-electron chi connectivity index (χ2n) is 8.33. The third kappa shape index (κ3) is 4.38. The Labute approximate surface area is 206 Å². The first-order chi connectivity index (χ1) is 16.9. The molecule has 2 heterocycles. The molecule has 4 aromatic rings. The van der Waals surface area contributed by atoms with E-state index in [1.54, 1.807) is 43.3 Å². The summed E-state index contributed by atoms with van der Waals surface area (Å²) in [7, 11) is 0. The van der Waals surface area contributed by atoms with Gasteiger partial charge in [-0.05, 0) is 37.3 Å². The zero-order valence-corrected chi connectivity index (χ0v) is 19.7. The molecule has 3 aromatic carbocycles. The normalized spacial score (nSPS) is 13.5. The van der Waals surface area contributed by atoms with Crippen molar-refractivity contribution in [2.75, 3.05) is 29.9 Å². The van der Waals surface area contributed by atoms with E-state index in [9.17, 15) is 14.4 Å². The number of carbonyl (C=O) groups excluding carboxylic acids is 2. The number of anilines is 2. The maximum atomic E-state index is 13.2. The van der Waals surface area contributed by atoms with Gasteiger partial charge < -0.3 is 20.0 Å². The lowest BCUT2D eigenvalue weighted by molar-refractivity contribution is -0.120. The molecule has 5 rings (SSSR count). The van der Waals surface area contributed by atoms with Crippen molar-refractivity contribution in [3.8, 4) is 11.3 Å². The summed E-state index contributed by atoms with van der Waals surface area (Å²) in [6.07, 6.45) is 0. The third-order valence-electron chi connectivity index (χ3n) is 6.01. The third-order valence-corrected chi connectivity index (χ3v) is 6.31. The van der Waals surface area contributed by atoms with Gasteiger partial charge in [0.1, 0.15) is 5.76 Å². The number of rotatable bonds is 4. The first-order valence-electron chi connectivity index (χ1n) is 11.2. The highest BCUT2D eigenvalue weighted by Crippen LogP contribution is 2.31. The van der Waals surface area contributed by atoms with Crippen LogP contribution in [0.2, 0.25) is 5.02 Å². The molecule has 1 aromatic heterocycles. The SMILES string of the molecule is Cc1c(-c2ccccc2)oc2c(C(=O)Nc3ccc(N4CCNC(=O)C4)c(Cl)c3)cccc2c1=O. The van der Waals surface area contributed by atoms with Crippen LogP contribution in [0.25, 0.3) is 22.3 Å². The van der Waals surface area contributed by atoms with E-state index in [1.807, 2.05) is 35.2 Å². The molecular weight excluding hydrogens is 466 g/mol. The molecule has 2 amide bonds. The van der Waals surface area contributed by atoms with Crippen LogP contribution in [-0.2, 0) is 4.79 Å². The molecule has 2 N–H and O–H groups in total. The smallest absolute Gasteiger partial charge is 0.259 e. The van der Waals surface area contributed by atoms with Gasteiger partial charge in [-0.25, -0.2) is 0 Å². The molecule has 0 atom stereocenters. The summed E-state index contributed by atoms with van der Waals surface area (Å²) in [4.78, 5) is 39.9. The number of fused-ring (bicyclic) bond motifs is 1. The topological polar surface area (TPSA) is 91.7 Å². The summed E-state index contributed by atoms with van der Waals surface area (Å²) in [6, 6.07) is 19.4. The lowest BCUT2D eigenvalue weighted by Crippen LogP contribution is -2.47. The lowest BCUT2D eigenvalue weighted by atomic mass is 10.0. The molecule has 1 aliphatic rings. The molecule has 1 fully saturated rings. The van der Waals surface area contributed by atoms with Crippen molar-refractivity contribution < 1.29 is 14.0 Å². The number of para-hydroxylation sites is 1. The van der Waals surface area contributed by atoms with E-state index in [0.717, 1.165) is 11.3 Å². The summed E-state index contributed by atoms with van der Waals surface area (Å²) >= 11 is 6.48. The Balaban J connectivity index is 1.48. The minimum Gasteiger partial charge on any atom is -0.455 e. The van der Waals surface area contributed by atoms with Gasteiger partial charge in [-0.2, -0.15) is 0 Å². The number of hydrogen-bond donors (Lipinski definition) is 2. The monoisotopic (exact) mass is 487 g/mol. The summed E-state index contributed by atoms with van der Waals surface area (Å²) in [6.45, 7) is 3.14.